The number of thiocarbonyl (C=S) groups is 1. The van der Waals surface area contributed by atoms with E-state index in [2.05, 4.69) is 36.6 Å². The molecule has 1 amide bonds. The highest BCUT2D eigenvalue weighted by atomic mass is 32.1. The summed E-state index contributed by atoms with van der Waals surface area (Å²) < 4.78 is 0. The van der Waals surface area contributed by atoms with Crippen molar-refractivity contribution in [1.29, 1.82) is 0 Å². The molecule has 0 aliphatic rings. The van der Waals surface area contributed by atoms with E-state index in [1.54, 1.807) is 0 Å². The maximum Gasteiger partial charge on any atom is 0.228 e. The predicted molar refractivity (Wildman–Crippen MR) is 84.3 cm³/mol. The first-order valence-electron chi connectivity index (χ1n) is 6.65. The first kappa shape index (κ1) is 15.6. The molecule has 0 fully saturated rings. The van der Waals surface area contributed by atoms with E-state index in [1.807, 2.05) is 26.0 Å². The SMILES string of the molecule is CCC(C)c1ccc(NC(=S)NC(=O)C(C)C)cc1. The molecule has 0 aromatic heterocycles. The first-order valence-corrected chi connectivity index (χ1v) is 7.06. The molecule has 0 bridgehead atoms. The zero-order chi connectivity index (χ0) is 14.4. The van der Waals surface area contributed by atoms with Gasteiger partial charge in [-0.1, -0.05) is 39.8 Å². The van der Waals surface area contributed by atoms with E-state index >= 15 is 0 Å². The van der Waals surface area contributed by atoms with Crippen LogP contribution in [0.15, 0.2) is 24.3 Å². The lowest BCUT2D eigenvalue weighted by atomic mass is 9.99. The van der Waals surface area contributed by atoms with E-state index in [-0.39, 0.29) is 11.8 Å². The third kappa shape index (κ3) is 4.99. The van der Waals surface area contributed by atoms with Gasteiger partial charge >= 0.3 is 0 Å². The van der Waals surface area contributed by atoms with Crippen LogP contribution in [0.2, 0.25) is 0 Å². The molecule has 0 radical (unpaired) electrons. The number of amides is 1. The van der Waals surface area contributed by atoms with Crippen LogP contribution in [0.5, 0.6) is 0 Å². The molecule has 0 aliphatic carbocycles. The Morgan fingerprint density at radius 2 is 1.79 bits per heavy atom. The summed E-state index contributed by atoms with van der Waals surface area (Å²) in [5, 5.41) is 6.01. The molecular formula is C15H22N2OS. The van der Waals surface area contributed by atoms with Gasteiger partial charge in [-0.15, -0.1) is 0 Å². The van der Waals surface area contributed by atoms with Crippen molar-refractivity contribution in [1.82, 2.24) is 5.32 Å². The number of nitrogens with one attached hydrogen (secondary N) is 2. The van der Waals surface area contributed by atoms with Crippen LogP contribution in [0.4, 0.5) is 5.69 Å². The van der Waals surface area contributed by atoms with Crippen molar-refractivity contribution in [3.05, 3.63) is 29.8 Å². The van der Waals surface area contributed by atoms with E-state index in [4.69, 9.17) is 12.2 Å². The van der Waals surface area contributed by atoms with Crippen molar-refractivity contribution < 1.29 is 4.79 Å². The fourth-order valence-electron chi connectivity index (χ4n) is 1.55. The minimum atomic E-state index is -0.0764. The average Bonchev–Trinajstić information content (AvgIpc) is 2.38. The van der Waals surface area contributed by atoms with Gasteiger partial charge in [-0.25, -0.2) is 0 Å². The first-order chi connectivity index (χ1) is 8.93. The van der Waals surface area contributed by atoms with Crippen molar-refractivity contribution >= 4 is 28.9 Å². The number of hydrogen-bond donors (Lipinski definition) is 2. The van der Waals surface area contributed by atoms with Gasteiger partial charge < -0.3 is 10.6 Å². The second kappa shape index (κ2) is 7.24. The standard InChI is InChI=1S/C15H22N2OS/c1-5-11(4)12-6-8-13(9-7-12)16-15(19)17-14(18)10(2)3/h6-11H,5H2,1-4H3,(H2,16,17,18,19). The molecule has 2 N–H and O–H groups in total. The molecule has 1 aromatic rings. The average molecular weight is 278 g/mol. The van der Waals surface area contributed by atoms with Crippen molar-refractivity contribution in [2.24, 2.45) is 5.92 Å². The molecule has 4 heteroatoms. The van der Waals surface area contributed by atoms with E-state index in [0.717, 1.165) is 12.1 Å². The topological polar surface area (TPSA) is 41.1 Å². The van der Waals surface area contributed by atoms with Gasteiger partial charge in [0.15, 0.2) is 5.11 Å². The fourth-order valence-corrected chi connectivity index (χ4v) is 1.77. The molecule has 1 rings (SSSR count). The molecule has 1 aromatic carbocycles. The Balaban J connectivity index is 2.58. The lowest BCUT2D eigenvalue weighted by Crippen LogP contribution is -2.36. The number of anilines is 1. The van der Waals surface area contributed by atoms with Crippen LogP contribution in [-0.2, 0) is 4.79 Å². The zero-order valence-corrected chi connectivity index (χ0v) is 12.8. The quantitative estimate of drug-likeness (QED) is 0.826. The summed E-state index contributed by atoms with van der Waals surface area (Å²) in [5.74, 6) is 0.405. The van der Waals surface area contributed by atoms with E-state index in [1.165, 1.54) is 5.56 Å². The van der Waals surface area contributed by atoms with Crippen molar-refractivity contribution in [2.75, 3.05) is 5.32 Å². The van der Waals surface area contributed by atoms with E-state index in [0.29, 0.717) is 11.0 Å². The smallest absolute Gasteiger partial charge is 0.228 e. The van der Waals surface area contributed by atoms with Crippen LogP contribution in [0.1, 0.15) is 45.6 Å². The van der Waals surface area contributed by atoms with Gasteiger partial charge in [0, 0.05) is 11.6 Å². The van der Waals surface area contributed by atoms with Gasteiger partial charge in [0.25, 0.3) is 0 Å². The zero-order valence-electron chi connectivity index (χ0n) is 12.0. The largest absolute Gasteiger partial charge is 0.332 e. The molecule has 1 atom stereocenters. The van der Waals surface area contributed by atoms with Crippen LogP contribution in [-0.4, -0.2) is 11.0 Å². The number of carbonyl (C=O) groups excluding carboxylic acids is 1. The number of hydrogen-bond acceptors (Lipinski definition) is 2. The normalized spacial score (nSPS) is 12.1. The summed E-state index contributed by atoms with van der Waals surface area (Å²) in [6, 6.07) is 8.14. The molecule has 19 heavy (non-hydrogen) atoms. The Kier molecular flexibility index (Phi) is 5.96. The van der Waals surface area contributed by atoms with Gasteiger partial charge in [0.2, 0.25) is 5.91 Å². The van der Waals surface area contributed by atoms with Gasteiger partial charge in [-0.3, -0.25) is 4.79 Å². The number of carbonyl (C=O) groups is 1. The highest BCUT2D eigenvalue weighted by Gasteiger charge is 2.09. The van der Waals surface area contributed by atoms with Crippen LogP contribution in [0, 0.1) is 5.92 Å². The van der Waals surface area contributed by atoms with Gasteiger partial charge in [-0.2, -0.15) is 0 Å². The van der Waals surface area contributed by atoms with Crippen LogP contribution >= 0.6 is 12.2 Å². The third-order valence-corrected chi connectivity index (χ3v) is 3.32. The second-order valence-corrected chi connectivity index (χ2v) is 5.44. The lowest BCUT2D eigenvalue weighted by Gasteiger charge is -2.13. The van der Waals surface area contributed by atoms with Crippen LogP contribution in [0.3, 0.4) is 0 Å². The van der Waals surface area contributed by atoms with Gasteiger partial charge in [-0.05, 0) is 42.3 Å². The van der Waals surface area contributed by atoms with Gasteiger partial charge in [0.1, 0.15) is 0 Å². The number of benzene rings is 1. The highest BCUT2D eigenvalue weighted by Crippen LogP contribution is 2.20. The molecule has 0 saturated heterocycles. The van der Waals surface area contributed by atoms with E-state index in [9.17, 15) is 4.79 Å². The predicted octanol–water partition coefficient (Wildman–Crippen LogP) is 3.67. The molecule has 3 nitrogen and oxygen atoms in total. The fraction of sp³-hybridized carbons (Fsp3) is 0.467. The highest BCUT2D eigenvalue weighted by molar-refractivity contribution is 7.80. The molecule has 104 valence electrons. The molecule has 0 spiro atoms. The van der Waals surface area contributed by atoms with Gasteiger partial charge in [0.05, 0.1) is 0 Å². The molecule has 0 aliphatic heterocycles. The van der Waals surface area contributed by atoms with E-state index < -0.39 is 0 Å². The third-order valence-electron chi connectivity index (χ3n) is 3.11. The Morgan fingerprint density at radius 1 is 1.21 bits per heavy atom. The summed E-state index contributed by atoms with van der Waals surface area (Å²) in [6.45, 7) is 8.04. The van der Waals surface area contributed by atoms with Crippen LogP contribution in [0.25, 0.3) is 0 Å². The number of rotatable bonds is 4. The minimum Gasteiger partial charge on any atom is -0.332 e. The Labute approximate surface area is 120 Å². The Morgan fingerprint density at radius 3 is 2.26 bits per heavy atom. The van der Waals surface area contributed by atoms with Crippen molar-refractivity contribution in [3.8, 4) is 0 Å². The summed E-state index contributed by atoms with van der Waals surface area (Å²) in [7, 11) is 0. The Bertz CT molecular complexity index is 440. The summed E-state index contributed by atoms with van der Waals surface area (Å²) >= 11 is 5.10. The molecule has 0 heterocycles. The monoisotopic (exact) mass is 278 g/mol. The summed E-state index contributed by atoms with van der Waals surface area (Å²) in [5.41, 5.74) is 2.20. The van der Waals surface area contributed by atoms with Crippen LogP contribution < -0.4 is 10.6 Å². The summed E-state index contributed by atoms with van der Waals surface area (Å²) in [4.78, 5) is 11.5. The molecule has 1 unspecified atom stereocenters. The maximum absolute atomic E-state index is 11.5. The second-order valence-electron chi connectivity index (χ2n) is 5.03. The molecule has 0 saturated carbocycles. The molecular weight excluding hydrogens is 256 g/mol. The summed E-state index contributed by atoms with van der Waals surface area (Å²) in [6.07, 6.45) is 1.12. The minimum absolute atomic E-state index is 0.0753. The van der Waals surface area contributed by atoms with Crippen molar-refractivity contribution in [2.45, 2.75) is 40.0 Å². The Hall–Kier alpha value is -1.42. The lowest BCUT2D eigenvalue weighted by molar-refractivity contribution is -0.122. The maximum atomic E-state index is 11.5. The van der Waals surface area contributed by atoms with Crippen molar-refractivity contribution in [3.63, 3.8) is 0 Å².